The number of anilines is 1. The monoisotopic (exact) mass is 353 g/mol. The molecule has 0 aliphatic rings. The van der Waals surface area contributed by atoms with Crippen molar-refractivity contribution in [2.24, 2.45) is 0 Å². The van der Waals surface area contributed by atoms with Crippen LogP contribution in [0.25, 0.3) is 11.2 Å². The van der Waals surface area contributed by atoms with Gasteiger partial charge in [-0.1, -0.05) is 0 Å². The summed E-state index contributed by atoms with van der Waals surface area (Å²) in [6, 6.07) is 0. The molecule has 22 heavy (non-hydrogen) atoms. The molecule has 0 saturated heterocycles. The van der Waals surface area contributed by atoms with Gasteiger partial charge >= 0.3 is 15.6 Å². The number of rotatable bonds is 6. The maximum Gasteiger partial charge on any atom is 0.482 e. The number of nitrogens with one attached hydrogen (secondary N) is 2. The van der Waals surface area contributed by atoms with Gasteiger partial charge in [-0.2, -0.15) is 9.29 Å². The molecule has 0 aliphatic carbocycles. The van der Waals surface area contributed by atoms with E-state index in [0.717, 1.165) is 0 Å². The summed E-state index contributed by atoms with van der Waals surface area (Å²) < 4.78 is 29.4. The summed E-state index contributed by atoms with van der Waals surface area (Å²) >= 11 is 0. The van der Waals surface area contributed by atoms with Gasteiger partial charge in [0.1, 0.15) is 6.73 Å². The molecule has 15 heteroatoms. The van der Waals surface area contributed by atoms with Gasteiger partial charge in [0.2, 0.25) is 5.95 Å². The van der Waals surface area contributed by atoms with E-state index in [2.05, 4.69) is 34.1 Å². The predicted octanol–water partition coefficient (Wildman–Crippen LogP) is -0.691. The minimum absolute atomic E-state index is 0.00775. The lowest BCUT2D eigenvalue weighted by Gasteiger charge is -2.12. The van der Waals surface area contributed by atoms with E-state index in [9.17, 15) is 13.9 Å². The van der Waals surface area contributed by atoms with Crippen LogP contribution in [0.15, 0.2) is 17.2 Å². The maximum absolute atomic E-state index is 11.6. The first-order valence-corrected chi connectivity index (χ1v) is 8.38. The Bertz CT molecular complexity index is 833. The third kappa shape index (κ3) is 4.64. The molecule has 0 spiro atoms. The summed E-state index contributed by atoms with van der Waals surface area (Å²) in [6.07, 6.45) is 2.61. The Morgan fingerprint density at radius 2 is 1.91 bits per heavy atom. The van der Waals surface area contributed by atoms with Crippen LogP contribution in [0.3, 0.4) is 0 Å². The number of H-pyrrole nitrogens is 1. The highest BCUT2D eigenvalue weighted by Gasteiger charge is 2.32. The van der Waals surface area contributed by atoms with Crippen LogP contribution in [0.5, 0.6) is 0 Å². The highest BCUT2D eigenvalue weighted by molar-refractivity contribution is 7.60. The summed E-state index contributed by atoms with van der Waals surface area (Å²) in [5.74, 6) is -0.158. The second kappa shape index (κ2) is 6.18. The molecule has 0 aliphatic heterocycles. The number of aromatic amines is 1. The number of aromatic nitrogens is 4. The number of hydrogen-bond acceptors (Lipinski definition) is 9. The molecule has 1 unspecified atom stereocenters. The lowest BCUT2D eigenvalue weighted by atomic mass is 10.5. The van der Waals surface area contributed by atoms with Gasteiger partial charge in [0, 0.05) is 12.4 Å². The Labute approximate surface area is 121 Å². The third-order valence-electron chi connectivity index (χ3n) is 2.02. The molecular weight excluding hydrogens is 344 g/mol. The fourth-order valence-corrected chi connectivity index (χ4v) is 2.79. The highest BCUT2D eigenvalue weighted by Crippen LogP contribution is 2.57. The number of nitrogens with zero attached hydrogens (tertiary/aromatic N) is 3. The van der Waals surface area contributed by atoms with Crippen molar-refractivity contribution in [1.29, 1.82) is 0 Å². The summed E-state index contributed by atoms with van der Waals surface area (Å²) in [6.45, 7) is -0.734. The molecule has 0 fully saturated rings. The van der Waals surface area contributed by atoms with Crippen LogP contribution in [0.4, 0.5) is 5.95 Å². The average Bonchev–Trinajstić information content (AvgIpc) is 2.35. The normalized spacial score (nSPS) is 14.7. The average molecular weight is 353 g/mol. The summed E-state index contributed by atoms with van der Waals surface area (Å²) in [4.78, 5) is 51.1. The molecule has 2 aromatic rings. The van der Waals surface area contributed by atoms with Crippen molar-refractivity contribution in [3.05, 3.63) is 22.7 Å². The fourth-order valence-electron chi connectivity index (χ4n) is 1.30. The molecule has 0 aromatic carbocycles. The molecule has 13 nitrogen and oxygen atoms in total. The molecule has 0 saturated carbocycles. The Morgan fingerprint density at radius 3 is 2.59 bits per heavy atom. The van der Waals surface area contributed by atoms with Crippen molar-refractivity contribution in [3.63, 3.8) is 0 Å². The zero-order valence-electron chi connectivity index (χ0n) is 10.5. The second-order valence-corrected chi connectivity index (χ2v) is 6.46. The van der Waals surface area contributed by atoms with E-state index in [1.54, 1.807) is 0 Å². The van der Waals surface area contributed by atoms with Gasteiger partial charge in [-0.3, -0.25) is 14.3 Å². The quantitative estimate of drug-likeness (QED) is 0.324. The van der Waals surface area contributed by atoms with Gasteiger partial charge in [0.15, 0.2) is 11.2 Å². The maximum atomic E-state index is 11.6. The molecule has 0 radical (unpaired) electrons. The minimum Gasteiger partial charge on any atom is -0.332 e. The van der Waals surface area contributed by atoms with Crippen molar-refractivity contribution in [1.82, 2.24) is 19.9 Å². The first-order valence-electron chi connectivity index (χ1n) is 5.35. The van der Waals surface area contributed by atoms with Crippen molar-refractivity contribution in [3.8, 4) is 0 Å². The first kappa shape index (κ1) is 16.6. The summed E-state index contributed by atoms with van der Waals surface area (Å²) in [5.41, 5.74) is -0.599. The molecule has 5 N–H and O–H groups in total. The molecule has 2 rings (SSSR count). The van der Waals surface area contributed by atoms with E-state index in [1.807, 2.05) is 0 Å². The van der Waals surface area contributed by atoms with Crippen LogP contribution < -0.4 is 10.9 Å². The van der Waals surface area contributed by atoms with E-state index >= 15 is 0 Å². The number of fused-ring (bicyclic) bond motifs is 1. The zero-order valence-corrected chi connectivity index (χ0v) is 12.3. The number of phosphoric ester groups is 1. The van der Waals surface area contributed by atoms with E-state index < -0.39 is 27.9 Å². The van der Waals surface area contributed by atoms with Crippen LogP contribution in [0, 0.1) is 0 Å². The highest BCUT2D eigenvalue weighted by atomic mass is 31.3. The Balaban J connectivity index is 2.05. The Kier molecular flexibility index (Phi) is 4.68. The molecule has 0 bridgehead atoms. The van der Waals surface area contributed by atoms with Crippen molar-refractivity contribution in [2.45, 2.75) is 0 Å². The van der Waals surface area contributed by atoms with E-state index in [4.69, 9.17) is 14.7 Å². The molecule has 2 aromatic heterocycles. The smallest absolute Gasteiger partial charge is 0.332 e. The number of phosphoric acid groups is 2. The van der Waals surface area contributed by atoms with Crippen molar-refractivity contribution in [2.75, 3.05) is 12.0 Å². The minimum atomic E-state index is -5.20. The topological polar surface area (TPSA) is 197 Å². The molecule has 1 atom stereocenters. The second-order valence-electron chi connectivity index (χ2n) is 3.63. The van der Waals surface area contributed by atoms with Crippen LogP contribution in [-0.4, -0.2) is 41.3 Å². The predicted molar refractivity (Wildman–Crippen MR) is 70.5 cm³/mol. The lowest BCUT2D eigenvalue weighted by molar-refractivity contribution is 0.186. The summed E-state index contributed by atoms with van der Waals surface area (Å²) in [7, 11) is -10.2. The third-order valence-corrected chi connectivity index (χ3v) is 4.15. The van der Waals surface area contributed by atoms with E-state index in [1.165, 1.54) is 12.4 Å². The van der Waals surface area contributed by atoms with Crippen molar-refractivity contribution >= 4 is 32.8 Å². The standard InChI is InChI=1S/C7H9N5O8P2/c13-6-4-5(9-2-1-8-4)11-7(12-6)10-3-19-22(17,18)20-21(14,15)16/h1-2H,3H2,(H,17,18)(H2,14,15,16)(H2,9,10,11,12,13). The Hall–Kier alpha value is -1.72. The molecule has 2 heterocycles. The SMILES string of the molecule is O=c1[nH]c(NCOP(=O)(O)OP(=O)(O)O)nc2nccnc12. The van der Waals surface area contributed by atoms with Gasteiger partial charge in [-0.25, -0.2) is 19.1 Å². The summed E-state index contributed by atoms with van der Waals surface area (Å²) in [5, 5.41) is 2.30. The van der Waals surface area contributed by atoms with Crippen LogP contribution in [-0.2, 0) is 18.0 Å². The molecule has 120 valence electrons. The van der Waals surface area contributed by atoms with Crippen molar-refractivity contribution < 1.29 is 32.6 Å². The van der Waals surface area contributed by atoms with Gasteiger partial charge in [0.25, 0.3) is 5.56 Å². The first-order chi connectivity index (χ1) is 10.2. The molecule has 0 amide bonds. The lowest BCUT2D eigenvalue weighted by Crippen LogP contribution is -2.16. The van der Waals surface area contributed by atoms with Crippen LogP contribution >= 0.6 is 15.6 Å². The van der Waals surface area contributed by atoms with E-state index in [-0.39, 0.29) is 17.1 Å². The largest absolute Gasteiger partial charge is 0.482 e. The van der Waals surface area contributed by atoms with Gasteiger partial charge in [-0.15, -0.1) is 0 Å². The van der Waals surface area contributed by atoms with Crippen LogP contribution in [0.1, 0.15) is 0 Å². The zero-order chi connectivity index (χ0) is 16.4. The van der Waals surface area contributed by atoms with E-state index in [0.29, 0.717) is 0 Å². The Morgan fingerprint density at radius 1 is 1.23 bits per heavy atom. The number of hydrogen-bond donors (Lipinski definition) is 5. The van der Waals surface area contributed by atoms with Gasteiger partial charge in [-0.05, 0) is 0 Å². The van der Waals surface area contributed by atoms with Gasteiger partial charge < -0.3 is 20.0 Å². The fraction of sp³-hybridized carbons (Fsp3) is 0.143. The molecular formula is C7H9N5O8P2. The van der Waals surface area contributed by atoms with Gasteiger partial charge in [0.05, 0.1) is 0 Å². The van der Waals surface area contributed by atoms with Crippen LogP contribution in [0.2, 0.25) is 0 Å².